The molecule has 0 aliphatic rings. The number of nitrogens with one attached hydrogen (secondary N) is 5. The lowest BCUT2D eigenvalue weighted by molar-refractivity contribution is -0.138. The number of benzene rings is 5. The summed E-state index contributed by atoms with van der Waals surface area (Å²) in [6.07, 6.45) is 2.57. The summed E-state index contributed by atoms with van der Waals surface area (Å²) in [7, 11) is 11.7. The predicted octanol–water partition coefficient (Wildman–Crippen LogP) is 15.9. The second-order valence-electron chi connectivity index (χ2n) is 26.3. The Labute approximate surface area is 653 Å². The van der Waals surface area contributed by atoms with E-state index in [0.29, 0.717) is 60.3 Å². The fourth-order valence-corrected chi connectivity index (χ4v) is 11.8. The smallest absolute Gasteiger partial charge is 0.416 e. The standard InChI is InChI=1S/C18H22N2O2.C17H19ClN2O.2C17H17F3N2O.C17H18F2N2O2/c1-12-9-15(22-4)6-7-16(12)17-8-5-14(11-20-17)10-18(19-3)13(2)21;1-11-8-14(18)5-6-15(11)16-7-4-13(10-20-16)9-17(19-3)12(2)21;1-11(23)16(21-2)9-12-3-8-15(22-10-12)13-4-6-14(7-5-13)17(18,19)20;1-11(23)16(21-2)8-12-6-7-15(22-10-12)13-4-3-5-14(9-13)17(18,19)20;1-10(22)16(20-2)6-11-4-5-15(21-9-11)13-7-12(18)8-14(19)17(13)23-3/h5-9,11,18-19H,10H2,1-4H3;4-8,10,17,19H,9H2,1-3H3;3-8,10,16,21H,9H2,1-2H3;3-7,9-10,16,21H,8H2,1-2H3;4-5,7-9,16,20H,6H2,1-3H3/t18-;17-;3*16-/m00000/s1. The van der Waals surface area contributed by atoms with Gasteiger partial charge in [0.15, 0.2) is 11.6 Å². The number of rotatable bonds is 27. The van der Waals surface area contributed by atoms with Crippen LogP contribution in [0.15, 0.2) is 189 Å². The molecule has 5 heterocycles. The summed E-state index contributed by atoms with van der Waals surface area (Å²) in [5, 5.41) is 15.6. The topological polar surface area (TPSA) is 228 Å². The maximum atomic E-state index is 13.7. The Bertz CT molecular complexity index is 4730. The summed E-state index contributed by atoms with van der Waals surface area (Å²) in [5.74, 6) is -0.317. The number of likely N-dealkylation sites (N-methyl/N-ethyl adjacent to an activating group) is 5. The lowest BCUT2D eigenvalue weighted by Gasteiger charge is -2.13. The summed E-state index contributed by atoms with van der Waals surface area (Å²) in [4.78, 5) is 78.9. The predicted molar refractivity (Wildman–Crippen MR) is 422 cm³/mol. The number of nitrogens with zero attached hydrogens (tertiary/aromatic N) is 5. The van der Waals surface area contributed by atoms with Crippen LogP contribution >= 0.6 is 11.6 Å². The minimum Gasteiger partial charge on any atom is -0.497 e. The summed E-state index contributed by atoms with van der Waals surface area (Å²) in [6.45, 7) is 11.8. The minimum atomic E-state index is -4.38. The summed E-state index contributed by atoms with van der Waals surface area (Å²) < 4.78 is 113. The van der Waals surface area contributed by atoms with Crippen LogP contribution in [0.5, 0.6) is 11.5 Å². The van der Waals surface area contributed by atoms with Gasteiger partial charge in [0.05, 0.1) is 84.0 Å². The van der Waals surface area contributed by atoms with Crippen LogP contribution in [0, 0.1) is 25.5 Å². The molecule has 592 valence electrons. The van der Waals surface area contributed by atoms with Crippen molar-refractivity contribution in [3.63, 3.8) is 0 Å². The third kappa shape index (κ3) is 27.4. The Morgan fingerprint density at radius 3 is 1.04 bits per heavy atom. The molecule has 26 heteroatoms. The quantitative estimate of drug-likeness (QED) is 0.0302. The Hall–Kier alpha value is -10.7. The van der Waals surface area contributed by atoms with Crippen LogP contribution in [0.1, 0.15) is 84.7 Å². The summed E-state index contributed by atoms with van der Waals surface area (Å²) in [5.41, 5.74) is 12.2. The van der Waals surface area contributed by atoms with Gasteiger partial charge in [0.25, 0.3) is 0 Å². The zero-order valence-corrected chi connectivity index (χ0v) is 65.6. The number of halogens is 9. The van der Waals surface area contributed by atoms with Crippen molar-refractivity contribution in [1.29, 1.82) is 0 Å². The highest BCUT2D eigenvalue weighted by atomic mass is 35.5. The lowest BCUT2D eigenvalue weighted by atomic mass is 10.0. The molecule has 5 N–H and O–H groups in total. The van der Waals surface area contributed by atoms with Gasteiger partial charge in [-0.15, -0.1) is 0 Å². The van der Waals surface area contributed by atoms with E-state index in [2.05, 4.69) is 51.5 Å². The number of aryl methyl sites for hydroxylation is 2. The van der Waals surface area contributed by atoms with Crippen molar-refractivity contribution in [1.82, 2.24) is 51.5 Å². The Morgan fingerprint density at radius 1 is 0.384 bits per heavy atom. The normalized spacial score (nSPS) is 12.4. The lowest BCUT2D eigenvalue weighted by Crippen LogP contribution is -2.34. The van der Waals surface area contributed by atoms with Gasteiger partial charge in [0, 0.05) is 69.9 Å². The number of pyridine rings is 5. The van der Waals surface area contributed by atoms with Crippen molar-refractivity contribution in [2.24, 2.45) is 0 Å². The van der Waals surface area contributed by atoms with Gasteiger partial charge in [0.1, 0.15) is 40.5 Å². The maximum Gasteiger partial charge on any atom is 0.416 e. The van der Waals surface area contributed by atoms with E-state index in [4.69, 9.17) is 21.1 Å². The average molecular weight is 1570 g/mol. The van der Waals surface area contributed by atoms with Gasteiger partial charge in [-0.3, -0.25) is 48.9 Å². The molecule has 10 aromatic rings. The average Bonchev–Trinajstić information content (AvgIpc) is 0.810. The van der Waals surface area contributed by atoms with E-state index >= 15 is 0 Å². The molecule has 0 bridgehead atoms. The van der Waals surface area contributed by atoms with E-state index in [1.165, 1.54) is 52.1 Å². The molecular weight excluding hydrogens is 1470 g/mol. The van der Waals surface area contributed by atoms with E-state index in [1.54, 1.807) is 111 Å². The van der Waals surface area contributed by atoms with Crippen molar-refractivity contribution in [2.45, 2.75) is 123 Å². The SMILES string of the molecule is CN[C@@H](Cc1ccc(-c2cc(F)cc(F)c2OC)nc1)C(C)=O.CN[C@@H](Cc1ccc(-c2ccc(C(F)(F)F)cc2)nc1)C(C)=O.CN[C@@H](Cc1ccc(-c2ccc(Cl)cc2C)nc1)C(C)=O.CN[C@@H](Cc1ccc(-c2ccc(OC)cc2C)nc1)C(C)=O.CN[C@@H](Cc1ccc(-c2cccc(C(F)(F)F)c2)nc1)C(C)=O. The molecule has 5 aromatic carbocycles. The molecule has 0 amide bonds. The first-order chi connectivity index (χ1) is 53.1. The van der Waals surface area contributed by atoms with Gasteiger partial charge in [-0.05, 0) is 246 Å². The Kier molecular flexibility index (Phi) is 34.8. The first-order valence-corrected chi connectivity index (χ1v) is 35.9. The van der Waals surface area contributed by atoms with Crippen LogP contribution in [-0.4, -0.2) is 134 Å². The Balaban J connectivity index is 0.000000218. The van der Waals surface area contributed by atoms with Gasteiger partial charge in [0.2, 0.25) is 0 Å². The number of Topliss-reactive ketones (excluding diaryl/α,β-unsaturated/α-hetero) is 5. The molecule has 0 aliphatic heterocycles. The number of alkyl halides is 6. The van der Waals surface area contributed by atoms with Crippen molar-refractivity contribution in [3.8, 4) is 67.8 Å². The largest absolute Gasteiger partial charge is 0.497 e. The van der Waals surface area contributed by atoms with E-state index < -0.39 is 35.1 Å². The van der Waals surface area contributed by atoms with Crippen LogP contribution in [0.25, 0.3) is 56.3 Å². The van der Waals surface area contributed by atoms with Crippen LogP contribution in [0.2, 0.25) is 5.02 Å². The zero-order chi connectivity index (χ0) is 82.6. The molecule has 0 spiro atoms. The molecule has 5 aromatic heterocycles. The van der Waals surface area contributed by atoms with Crippen molar-refractivity contribution in [2.75, 3.05) is 49.5 Å². The van der Waals surface area contributed by atoms with Crippen molar-refractivity contribution >= 4 is 40.5 Å². The first kappa shape index (κ1) is 90.2. The number of hydrogen-bond acceptors (Lipinski definition) is 17. The monoisotopic (exact) mass is 1560 g/mol. The van der Waals surface area contributed by atoms with Crippen LogP contribution in [0.3, 0.4) is 0 Å². The number of hydrogen-bond donors (Lipinski definition) is 5. The molecule has 112 heavy (non-hydrogen) atoms. The van der Waals surface area contributed by atoms with E-state index in [-0.39, 0.29) is 70.4 Å². The van der Waals surface area contributed by atoms with Gasteiger partial charge in [-0.2, -0.15) is 26.3 Å². The number of carbonyl (C=O) groups is 5. The van der Waals surface area contributed by atoms with Crippen molar-refractivity contribution in [3.05, 3.63) is 255 Å². The first-order valence-electron chi connectivity index (χ1n) is 35.6. The number of methoxy groups -OCH3 is 2. The number of ether oxygens (including phenoxy) is 2. The van der Waals surface area contributed by atoms with Crippen LogP contribution in [-0.2, 0) is 68.4 Å². The van der Waals surface area contributed by atoms with Crippen LogP contribution < -0.4 is 36.1 Å². The highest BCUT2D eigenvalue weighted by molar-refractivity contribution is 6.30. The molecular formula is C86H93ClF8N10O7. The molecule has 0 radical (unpaired) electrons. The fraction of sp³-hybridized carbons (Fsp3) is 0.302. The third-order valence-corrected chi connectivity index (χ3v) is 18.4. The number of ketones is 5. The fourth-order valence-electron chi connectivity index (χ4n) is 11.6. The van der Waals surface area contributed by atoms with E-state index in [9.17, 15) is 59.1 Å². The molecule has 0 saturated heterocycles. The van der Waals surface area contributed by atoms with Gasteiger partial charge < -0.3 is 36.1 Å². The molecule has 10 rings (SSSR count). The van der Waals surface area contributed by atoms with E-state index in [1.807, 2.05) is 93.0 Å². The van der Waals surface area contributed by atoms with Crippen molar-refractivity contribution < 1.29 is 68.6 Å². The molecule has 0 unspecified atom stereocenters. The minimum absolute atomic E-state index is 0.0226. The second kappa shape index (κ2) is 43.2. The van der Waals surface area contributed by atoms with Gasteiger partial charge in [-0.1, -0.05) is 72.3 Å². The Morgan fingerprint density at radius 2 is 0.732 bits per heavy atom. The molecule has 0 aliphatic carbocycles. The van der Waals surface area contributed by atoms with Gasteiger partial charge in [-0.25, -0.2) is 8.78 Å². The molecule has 5 atom stereocenters. The highest BCUT2D eigenvalue weighted by Gasteiger charge is 2.32. The number of carbonyl (C=O) groups excluding carboxylic acids is 5. The highest BCUT2D eigenvalue weighted by Crippen LogP contribution is 2.35. The zero-order valence-electron chi connectivity index (χ0n) is 64.8. The van der Waals surface area contributed by atoms with E-state index in [0.717, 1.165) is 103 Å². The van der Waals surface area contributed by atoms with Crippen LogP contribution in [0.4, 0.5) is 35.1 Å². The second-order valence-corrected chi connectivity index (χ2v) is 26.7. The molecule has 17 nitrogen and oxygen atoms in total. The summed E-state index contributed by atoms with van der Waals surface area (Å²) in [6, 6.07) is 40.9. The molecule has 0 fully saturated rings. The maximum absolute atomic E-state index is 13.7. The third-order valence-electron chi connectivity index (χ3n) is 18.2. The molecule has 0 saturated carbocycles. The summed E-state index contributed by atoms with van der Waals surface area (Å²) >= 11 is 5.97. The number of aromatic nitrogens is 5. The van der Waals surface area contributed by atoms with Gasteiger partial charge >= 0.3 is 12.4 Å².